The highest BCUT2D eigenvalue weighted by atomic mass is 35.5. The summed E-state index contributed by atoms with van der Waals surface area (Å²) in [5.41, 5.74) is 1.66. The van der Waals surface area contributed by atoms with Gasteiger partial charge in [-0.3, -0.25) is 9.59 Å². The maximum Gasteiger partial charge on any atom is 0.305 e. The highest BCUT2D eigenvalue weighted by Gasteiger charge is 2.35. The van der Waals surface area contributed by atoms with Crippen molar-refractivity contribution in [1.82, 2.24) is 0 Å². The molecule has 1 amide bonds. The van der Waals surface area contributed by atoms with Crippen molar-refractivity contribution in [3.05, 3.63) is 28.8 Å². The van der Waals surface area contributed by atoms with Crippen molar-refractivity contribution >= 4 is 40.9 Å². The summed E-state index contributed by atoms with van der Waals surface area (Å²) < 4.78 is 0. The minimum atomic E-state index is -0.960. The lowest BCUT2D eigenvalue weighted by Crippen LogP contribution is -2.30. The molecular formula is C12H12ClNO3S. The maximum absolute atomic E-state index is 12.1. The fourth-order valence-electron chi connectivity index (χ4n) is 1.80. The van der Waals surface area contributed by atoms with Gasteiger partial charge < -0.3 is 10.0 Å². The van der Waals surface area contributed by atoms with Gasteiger partial charge in [-0.25, -0.2) is 0 Å². The Morgan fingerprint density at radius 3 is 3.00 bits per heavy atom. The van der Waals surface area contributed by atoms with Crippen molar-refractivity contribution in [1.29, 1.82) is 0 Å². The molecular weight excluding hydrogens is 274 g/mol. The number of aryl methyl sites for hydroxylation is 1. The van der Waals surface area contributed by atoms with Crippen molar-refractivity contribution in [3.63, 3.8) is 0 Å². The molecule has 1 N–H and O–H groups in total. The van der Waals surface area contributed by atoms with Gasteiger partial charge in [0.2, 0.25) is 5.91 Å². The minimum Gasteiger partial charge on any atom is -0.481 e. The third kappa shape index (κ3) is 2.62. The summed E-state index contributed by atoms with van der Waals surface area (Å²) in [4.78, 5) is 24.3. The molecule has 0 spiro atoms. The van der Waals surface area contributed by atoms with Crippen LogP contribution in [0.4, 0.5) is 5.69 Å². The molecule has 18 heavy (non-hydrogen) atoms. The lowest BCUT2D eigenvalue weighted by atomic mass is 10.2. The molecule has 96 valence electrons. The molecule has 1 atom stereocenters. The van der Waals surface area contributed by atoms with Crippen molar-refractivity contribution < 1.29 is 14.7 Å². The van der Waals surface area contributed by atoms with Gasteiger partial charge in [0.05, 0.1) is 28.3 Å². The number of hydrogen-bond donors (Lipinski definition) is 1. The molecule has 2 rings (SSSR count). The van der Waals surface area contributed by atoms with Crippen LogP contribution in [0.3, 0.4) is 0 Å². The van der Waals surface area contributed by atoms with E-state index in [-0.39, 0.29) is 12.3 Å². The number of nitrogens with zero attached hydrogens (tertiary/aromatic N) is 1. The van der Waals surface area contributed by atoms with Crippen LogP contribution in [0.5, 0.6) is 0 Å². The van der Waals surface area contributed by atoms with Crippen LogP contribution in [-0.4, -0.2) is 28.1 Å². The molecule has 1 aliphatic heterocycles. The number of aliphatic carboxylic acids is 1. The molecule has 1 fully saturated rings. The molecule has 0 aliphatic carbocycles. The van der Waals surface area contributed by atoms with Crippen LogP contribution >= 0.6 is 23.4 Å². The van der Waals surface area contributed by atoms with Gasteiger partial charge in [-0.05, 0) is 24.6 Å². The summed E-state index contributed by atoms with van der Waals surface area (Å²) in [6.45, 7) is 1.92. The number of hydrogen-bond acceptors (Lipinski definition) is 3. The van der Waals surface area contributed by atoms with Crippen molar-refractivity contribution in [2.75, 3.05) is 10.8 Å². The van der Waals surface area contributed by atoms with Crippen LogP contribution < -0.4 is 4.90 Å². The van der Waals surface area contributed by atoms with Crippen molar-refractivity contribution in [3.8, 4) is 0 Å². The second-order valence-corrected chi connectivity index (χ2v) is 5.67. The van der Waals surface area contributed by atoms with Crippen molar-refractivity contribution in [2.24, 2.45) is 0 Å². The largest absolute Gasteiger partial charge is 0.481 e. The smallest absolute Gasteiger partial charge is 0.305 e. The Balaban J connectivity index is 2.23. The summed E-state index contributed by atoms with van der Waals surface area (Å²) >= 11 is 7.41. The molecule has 6 heteroatoms. The monoisotopic (exact) mass is 285 g/mol. The molecule has 0 saturated carbocycles. The zero-order chi connectivity index (χ0) is 13.3. The van der Waals surface area contributed by atoms with E-state index in [0.29, 0.717) is 16.6 Å². The third-order valence-corrected chi connectivity index (χ3v) is 4.20. The second-order valence-electron chi connectivity index (χ2n) is 4.10. The molecule has 1 aromatic rings. The zero-order valence-electron chi connectivity index (χ0n) is 9.72. The van der Waals surface area contributed by atoms with E-state index in [1.165, 1.54) is 11.8 Å². The number of anilines is 1. The Bertz CT molecular complexity index is 506. The number of thioether (sulfide) groups is 1. The number of carbonyl (C=O) groups is 2. The van der Waals surface area contributed by atoms with E-state index in [0.717, 1.165) is 5.56 Å². The average Bonchev–Trinajstić information content (AvgIpc) is 2.64. The third-order valence-electron chi connectivity index (χ3n) is 2.70. The molecule has 1 heterocycles. The van der Waals surface area contributed by atoms with Gasteiger partial charge in [-0.2, -0.15) is 0 Å². The van der Waals surface area contributed by atoms with Crippen LogP contribution in [0.2, 0.25) is 5.02 Å². The van der Waals surface area contributed by atoms with Crippen LogP contribution in [0.15, 0.2) is 18.2 Å². The topological polar surface area (TPSA) is 57.6 Å². The molecule has 1 saturated heterocycles. The Morgan fingerprint density at radius 1 is 1.61 bits per heavy atom. The Labute approximate surface area is 114 Å². The Hall–Kier alpha value is -1.20. The predicted octanol–water partition coefficient (Wildman–Crippen LogP) is 2.53. The van der Waals surface area contributed by atoms with Gasteiger partial charge in [-0.1, -0.05) is 17.7 Å². The van der Waals surface area contributed by atoms with Gasteiger partial charge in [-0.15, -0.1) is 11.8 Å². The summed E-state index contributed by atoms with van der Waals surface area (Å²) in [7, 11) is 0. The first-order valence-electron chi connectivity index (χ1n) is 5.40. The van der Waals surface area contributed by atoms with Gasteiger partial charge in [0, 0.05) is 0 Å². The minimum absolute atomic E-state index is 0.149. The van der Waals surface area contributed by atoms with Crippen LogP contribution in [0.1, 0.15) is 12.0 Å². The van der Waals surface area contributed by atoms with E-state index in [9.17, 15) is 9.59 Å². The standard InChI is InChI=1S/C12H12ClNO3S/c1-7-2-3-8(13)9(4-7)14-6-18-10(12(14)17)5-11(15)16/h2-4,10H,5-6H2,1H3,(H,15,16). The van der Waals surface area contributed by atoms with Crippen LogP contribution in [0, 0.1) is 6.92 Å². The van der Waals surface area contributed by atoms with Gasteiger partial charge in [0.25, 0.3) is 0 Å². The predicted molar refractivity (Wildman–Crippen MR) is 72.2 cm³/mol. The molecule has 1 aromatic carbocycles. The van der Waals surface area contributed by atoms with Crippen molar-refractivity contribution in [2.45, 2.75) is 18.6 Å². The first-order chi connectivity index (χ1) is 8.49. The molecule has 0 aromatic heterocycles. The first-order valence-corrected chi connectivity index (χ1v) is 6.82. The van der Waals surface area contributed by atoms with E-state index < -0.39 is 11.2 Å². The number of carboxylic acids is 1. The lowest BCUT2D eigenvalue weighted by Gasteiger charge is -2.17. The fraction of sp³-hybridized carbons (Fsp3) is 0.333. The van der Waals surface area contributed by atoms with E-state index >= 15 is 0 Å². The average molecular weight is 286 g/mol. The normalized spacial score (nSPS) is 19.3. The van der Waals surface area contributed by atoms with E-state index in [1.807, 2.05) is 19.1 Å². The molecule has 4 nitrogen and oxygen atoms in total. The summed E-state index contributed by atoms with van der Waals surface area (Å²) in [5.74, 6) is -0.701. The summed E-state index contributed by atoms with van der Waals surface area (Å²) in [6, 6.07) is 5.45. The highest BCUT2D eigenvalue weighted by molar-refractivity contribution is 8.01. The van der Waals surface area contributed by atoms with E-state index in [2.05, 4.69) is 0 Å². The maximum atomic E-state index is 12.1. The fourth-order valence-corrected chi connectivity index (χ4v) is 3.14. The quantitative estimate of drug-likeness (QED) is 0.927. The summed E-state index contributed by atoms with van der Waals surface area (Å²) in [6.07, 6.45) is -0.149. The lowest BCUT2D eigenvalue weighted by molar-refractivity contribution is -0.138. The number of rotatable bonds is 3. The molecule has 0 bridgehead atoms. The number of amides is 1. The first kappa shape index (κ1) is 13.2. The van der Waals surface area contributed by atoms with E-state index in [1.54, 1.807) is 11.0 Å². The SMILES string of the molecule is Cc1ccc(Cl)c(N2CSC(CC(=O)O)C2=O)c1. The van der Waals surface area contributed by atoms with Gasteiger partial charge in [0.15, 0.2) is 0 Å². The van der Waals surface area contributed by atoms with Crippen LogP contribution in [0.25, 0.3) is 0 Å². The Morgan fingerprint density at radius 2 is 2.33 bits per heavy atom. The number of carbonyl (C=O) groups excluding carboxylic acids is 1. The van der Waals surface area contributed by atoms with Crippen LogP contribution in [-0.2, 0) is 9.59 Å². The van der Waals surface area contributed by atoms with Gasteiger partial charge >= 0.3 is 5.97 Å². The number of benzene rings is 1. The summed E-state index contributed by atoms with van der Waals surface area (Å²) in [5, 5.41) is 8.73. The van der Waals surface area contributed by atoms with E-state index in [4.69, 9.17) is 16.7 Å². The highest BCUT2D eigenvalue weighted by Crippen LogP contribution is 2.35. The molecule has 1 unspecified atom stereocenters. The molecule has 1 aliphatic rings. The second kappa shape index (κ2) is 5.20. The van der Waals surface area contributed by atoms with Gasteiger partial charge in [0.1, 0.15) is 0 Å². The number of halogens is 1. The molecule has 0 radical (unpaired) electrons. The number of carboxylic acid groups (broad SMARTS) is 1. The Kier molecular flexibility index (Phi) is 3.82. The zero-order valence-corrected chi connectivity index (χ0v) is 11.3.